The van der Waals surface area contributed by atoms with E-state index in [0.717, 1.165) is 0 Å². The van der Waals surface area contributed by atoms with Crippen LogP contribution >= 0.6 is 11.6 Å². The van der Waals surface area contributed by atoms with Gasteiger partial charge in [0.1, 0.15) is 11.9 Å². The van der Waals surface area contributed by atoms with Gasteiger partial charge in [-0.05, 0) is 17.7 Å². The topological polar surface area (TPSA) is 98.7 Å². The van der Waals surface area contributed by atoms with Crippen molar-refractivity contribution in [2.75, 3.05) is 6.61 Å². The van der Waals surface area contributed by atoms with E-state index in [-0.39, 0.29) is 24.6 Å². The van der Waals surface area contributed by atoms with Gasteiger partial charge in [0.15, 0.2) is 0 Å². The quantitative estimate of drug-likeness (QED) is 0.633. The second-order valence-electron chi connectivity index (χ2n) is 3.98. The van der Waals surface area contributed by atoms with E-state index in [4.69, 9.17) is 21.8 Å². The first-order valence-corrected chi connectivity index (χ1v) is 6.13. The van der Waals surface area contributed by atoms with Crippen LogP contribution in [0.3, 0.4) is 0 Å². The van der Waals surface area contributed by atoms with Crippen molar-refractivity contribution in [3.8, 4) is 0 Å². The summed E-state index contributed by atoms with van der Waals surface area (Å²) < 4.78 is 12.9. The molecule has 0 aliphatic carbocycles. The molecular formula is C12H14ClFN2O4. The predicted octanol–water partition coefficient (Wildman–Crippen LogP) is 1.11. The molecule has 110 valence electrons. The molecule has 1 aromatic rings. The maximum atomic E-state index is 12.9. The van der Waals surface area contributed by atoms with Gasteiger partial charge in [0.25, 0.3) is 0 Å². The zero-order valence-corrected chi connectivity index (χ0v) is 11.2. The first kappa shape index (κ1) is 16.2. The van der Waals surface area contributed by atoms with E-state index in [1.807, 2.05) is 0 Å². The Morgan fingerprint density at radius 2 is 2.10 bits per heavy atom. The standard InChI is InChI=1S/C12H14ClFN2O4/c13-8-5-7(1-2-9(8)14)6-15-12(20)16-10(3-4-17)11(18)19/h1-2,5,10,17H,3-4,6H2,(H,18,19)(H2,15,16,20)/t10-/m1/s1. The van der Waals surface area contributed by atoms with Crippen molar-refractivity contribution in [2.45, 2.75) is 19.0 Å². The third kappa shape index (κ3) is 5.02. The van der Waals surface area contributed by atoms with Crippen LogP contribution in [0.25, 0.3) is 0 Å². The van der Waals surface area contributed by atoms with Gasteiger partial charge in [0, 0.05) is 19.6 Å². The SMILES string of the molecule is O=C(NCc1ccc(F)c(Cl)c1)N[C@H](CCO)C(=O)O. The van der Waals surface area contributed by atoms with E-state index in [1.54, 1.807) is 0 Å². The number of aliphatic carboxylic acids is 1. The molecule has 0 spiro atoms. The van der Waals surface area contributed by atoms with Crippen molar-refractivity contribution in [1.82, 2.24) is 10.6 Å². The molecule has 0 aliphatic rings. The molecular weight excluding hydrogens is 291 g/mol. The summed E-state index contributed by atoms with van der Waals surface area (Å²) in [6.07, 6.45) is -0.0921. The Morgan fingerprint density at radius 1 is 1.40 bits per heavy atom. The lowest BCUT2D eigenvalue weighted by Crippen LogP contribution is -2.46. The summed E-state index contributed by atoms with van der Waals surface area (Å²) in [7, 11) is 0. The highest BCUT2D eigenvalue weighted by Crippen LogP contribution is 2.15. The lowest BCUT2D eigenvalue weighted by atomic mass is 10.2. The highest BCUT2D eigenvalue weighted by atomic mass is 35.5. The van der Waals surface area contributed by atoms with Gasteiger partial charge in [-0.3, -0.25) is 0 Å². The van der Waals surface area contributed by atoms with Crippen LogP contribution in [0.4, 0.5) is 9.18 Å². The Kier molecular flexibility index (Phi) is 6.20. The largest absolute Gasteiger partial charge is 0.480 e. The third-order valence-electron chi connectivity index (χ3n) is 2.46. The minimum atomic E-state index is -1.24. The molecule has 6 nitrogen and oxygen atoms in total. The lowest BCUT2D eigenvalue weighted by molar-refractivity contribution is -0.139. The molecule has 0 saturated carbocycles. The molecule has 1 atom stereocenters. The molecule has 1 aromatic carbocycles. The van der Waals surface area contributed by atoms with Crippen molar-refractivity contribution in [3.63, 3.8) is 0 Å². The highest BCUT2D eigenvalue weighted by Gasteiger charge is 2.18. The number of halogens is 2. The molecule has 20 heavy (non-hydrogen) atoms. The number of benzene rings is 1. The van der Waals surface area contributed by atoms with Gasteiger partial charge in [-0.15, -0.1) is 0 Å². The van der Waals surface area contributed by atoms with Crippen LogP contribution in [-0.2, 0) is 11.3 Å². The van der Waals surface area contributed by atoms with Gasteiger partial charge in [0.2, 0.25) is 0 Å². The van der Waals surface area contributed by atoms with Gasteiger partial charge < -0.3 is 20.8 Å². The summed E-state index contributed by atoms with van der Waals surface area (Å²) in [6, 6.07) is 2.11. The van der Waals surface area contributed by atoms with Crippen LogP contribution in [0.2, 0.25) is 5.02 Å². The van der Waals surface area contributed by atoms with E-state index in [0.29, 0.717) is 5.56 Å². The van der Waals surface area contributed by atoms with E-state index in [1.165, 1.54) is 18.2 Å². The Labute approximate surface area is 119 Å². The Hall–Kier alpha value is -1.86. The third-order valence-corrected chi connectivity index (χ3v) is 2.75. The number of carboxylic acid groups (broad SMARTS) is 1. The zero-order chi connectivity index (χ0) is 15.1. The van der Waals surface area contributed by atoms with Crippen LogP contribution in [-0.4, -0.2) is 34.9 Å². The smallest absolute Gasteiger partial charge is 0.326 e. The van der Waals surface area contributed by atoms with Crippen molar-refractivity contribution < 1.29 is 24.2 Å². The first-order chi connectivity index (χ1) is 9.43. The monoisotopic (exact) mass is 304 g/mol. The van der Waals surface area contributed by atoms with Crippen LogP contribution in [0.5, 0.6) is 0 Å². The van der Waals surface area contributed by atoms with Crippen LogP contribution in [0, 0.1) is 5.82 Å². The van der Waals surface area contributed by atoms with Gasteiger partial charge in [-0.1, -0.05) is 17.7 Å². The highest BCUT2D eigenvalue weighted by molar-refractivity contribution is 6.30. The lowest BCUT2D eigenvalue weighted by Gasteiger charge is -2.14. The molecule has 4 N–H and O–H groups in total. The summed E-state index contributed by atoms with van der Waals surface area (Å²) in [4.78, 5) is 22.3. The molecule has 8 heteroatoms. The molecule has 0 aliphatic heterocycles. The van der Waals surface area contributed by atoms with E-state index in [9.17, 15) is 14.0 Å². The van der Waals surface area contributed by atoms with Crippen molar-refractivity contribution in [1.29, 1.82) is 0 Å². The molecule has 2 amide bonds. The Bertz CT molecular complexity index is 498. The summed E-state index contributed by atoms with van der Waals surface area (Å²) >= 11 is 5.59. The molecule has 1 rings (SSSR count). The number of rotatable bonds is 6. The number of carbonyl (C=O) groups excluding carboxylic acids is 1. The fourth-order valence-electron chi connectivity index (χ4n) is 1.43. The van der Waals surface area contributed by atoms with Crippen LogP contribution < -0.4 is 10.6 Å². The number of carbonyl (C=O) groups is 2. The molecule has 0 unspecified atom stereocenters. The van der Waals surface area contributed by atoms with Crippen molar-refractivity contribution in [2.24, 2.45) is 0 Å². The van der Waals surface area contributed by atoms with E-state index < -0.39 is 23.9 Å². The Balaban J connectivity index is 2.50. The van der Waals surface area contributed by atoms with Gasteiger partial charge in [-0.25, -0.2) is 14.0 Å². The summed E-state index contributed by atoms with van der Waals surface area (Å²) in [5.74, 6) is -1.80. The minimum absolute atomic E-state index is 0.0617. The summed E-state index contributed by atoms with van der Waals surface area (Å²) in [5.41, 5.74) is 0.570. The average molecular weight is 305 g/mol. The average Bonchev–Trinajstić information content (AvgIpc) is 2.39. The van der Waals surface area contributed by atoms with Gasteiger partial charge in [0.05, 0.1) is 5.02 Å². The molecule has 0 bridgehead atoms. The van der Waals surface area contributed by atoms with Gasteiger partial charge in [-0.2, -0.15) is 0 Å². The molecule has 0 saturated heterocycles. The fourth-order valence-corrected chi connectivity index (χ4v) is 1.63. The number of aliphatic hydroxyl groups is 1. The second-order valence-corrected chi connectivity index (χ2v) is 4.39. The molecule has 0 aromatic heterocycles. The van der Waals surface area contributed by atoms with Crippen LogP contribution in [0.15, 0.2) is 18.2 Å². The number of nitrogens with one attached hydrogen (secondary N) is 2. The Morgan fingerprint density at radius 3 is 2.65 bits per heavy atom. The number of hydrogen-bond acceptors (Lipinski definition) is 3. The maximum absolute atomic E-state index is 12.9. The zero-order valence-electron chi connectivity index (χ0n) is 10.4. The predicted molar refractivity (Wildman–Crippen MR) is 69.9 cm³/mol. The summed E-state index contributed by atoms with van der Waals surface area (Å²) in [6.45, 7) is -0.290. The summed E-state index contributed by atoms with van der Waals surface area (Å²) in [5, 5.41) is 22.0. The number of aliphatic hydroxyl groups excluding tert-OH is 1. The molecule has 0 radical (unpaired) electrons. The minimum Gasteiger partial charge on any atom is -0.480 e. The van der Waals surface area contributed by atoms with E-state index in [2.05, 4.69) is 10.6 Å². The normalized spacial score (nSPS) is 11.8. The molecule has 0 heterocycles. The second kappa shape index (κ2) is 7.66. The van der Waals surface area contributed by atoms with Gasteiger partial charge >= 0.3 is 12.0 Å². The molecule has 0 fully saturated rings. The van der Waals surface area contributed by atoms with Crippen molar-refractivity contribution in [3.05, 3.63) is 34.6 Å². The first-order valence-electron chi connectivity index (χ1n) is 5.76. The number of urea groups is 1. The maximum Gasteiger partial charge on any atom is 0.326 e. The van der Waals surface area contributed by atoms with Crippen LogP contribution in [0.1, 0.15) is 12.0 Å². The fraction of sp³-hybridized carbons (Fsp3) is 0.333. The number of carboxylic acids is 1. The van der Waals surface area contributed by atoms with E-state index >= 15 is 0 Å². The number of hydrogen-bond donors (Lipinski definition) is 4. The van der Waals surface area contributed by atoms with Crippen molar-refractivity contribution >= 4 is 23.6 Å². The number of amides is 2.